The predicted octanol–water partition coefficient (Wildman–Crippen LogP) is -20.3. The van der Waals surface area contributed by atoms with Crippen LogP contribution < -0.4 is 10.6 Å². The molecule has 0 aromatic carbocycles. The van der Waals surface area contributed by atoms with E-state index in [0.717, 1.165) is 13.8 Å². The highest BCUT2D eigenvalue weighted by atomic mass is 16.8. The summed E-state index contributed by atoms with van der Waals surface area (Å²) in [6, 6.07) is -3.56. The van der Waals surface area contributed by atoms with Crippen LogP contribution in [-0.2, 0) is 90.1 Å². The van der Waals surface area contributed by atoms with Crippen molar-refractivity contribution >= 4 is 11.8 Å². The first-order valence-electron chi connectivity index (χ1n) is 33.7. The van der Waals surface area contributed by atoms with Gasteiger partial charge in [0.1, 0.15) is 220 Å². The molecule has 29 N–H and O–H groups in total. The number of carbonyl (C=O) groups is 2. The standard InChI is InChI=1S/C58H98N2O46/c1-12(69)59-23-32(78)43(20(9-67)91-50(23)89)100-51-24(60-13(2)70)33(79)44(21(10-68)98-51)101-55-42(88)46(103-57-49(38(84)29(75)17(6-64)96-57)106-58-48(37(83)28(74)18(7-65)97-58)105-54-40(86)35(81)26(72)15(4-62)94-54)31(77)22(99-55)11-90-52-41(87)45(30(76)19(8-66)92-52)102-56-47(36(82)27(73)16(5-63)95-56)104-53-39(85)34(80)25(71)14(3-61)93-53/h14-58,61-68,71-89H,3-11H2,1-2H3,(H,59,69)(H,60,70)/t14-,15-,16-,17-,18-,19-,20-,21-,22-,23-,24-,25-,26-,27-,28-,29-,30-,31-,32-,33-,34+,35+,36+,37+,38+,39+,40+,41+,42+,43-,44-,45+,46+,47+,48+,49+,50+,51+,52+,53-,54-,55+,56-,57-,58-/m1/s1. The lowest BCUT2D eigenvalue weighted by atomic mass is 9.94. The Morgan fingerprint density at radius 2 is 0.509 bits per heavy atom. The van der Waals surface area contributed by atoms with E-state index in [0.29, 0.717) is 0 Å². The molecule has 0 aromatic heterocycles. The van der Waals surface area contributed by atoms with Crippen LogP contribution in [0.5, 0.6) is 0 Å². The minimum atomic E-state index is -2.57. The van der Waals surface area contributed by atoms with E-state index in [1.165, 1.54) is 0 Å². The summed E-state index contributed by atoms with van der Waals surface area (Å²) in [5.74, 6) is -1.72. The third kappa shape index (κ3) is 18.5. The maximum Gasteiger partial charge on any atom is 0.217 e. The van der Waals surface area contributed by atoms with E-state index < -0.39 is 348 Å². The smallest absolute Gasteiger partial charge is 0.217 e. The van der Waals surface area contributed by atoms with Crippen LogP contribution in [0.25, 0.3) is 0 Å². The lowest BCUT2D eigenvalue weighted by molar-refractivity contribution is -0.408. The zero-order chi connectivity index (χ0) is 77.9. The topological polar surface area (TPSA) is 761 Å². The molecule has 9 fully saturated rings. The molecule has 45 atom stereocenters. The van der Waals surface area contributed by atoms with Gasteiger partial charge in [-0.05, 0) is 0 Å². The van der Waals surface area contributed by atoms with Gasteiger partial charge in [-0.1, -0.05) is 0 Å². The SMILES string of the molecule is CC(=O)N[C@@H]1[C@@H](O)[C@H](O[C@@H]2O[C@H](CO)[C@@H](O[C@@H]3O[C@H](CO[C@H]4O[C@H](CO)[C@@H](O)[C@H](O[C@H]5O[C@H](CO)[C@@H](O)[C@H](O)[C@@H]5O[C@H]5O[C@H](CO)[C@@H](O)[C@H](O)[C@@H]5O)[C@@H]4O)[C@@H](O)[C@H](O[C@H]4O[C@H](CO)[C@@H](O)[C@H](O)[C@@H]4O[C@H]4O[C@H](CO)[C@@H](O)[C@H](O)[C@@H]4O[C@H]4O[C@H](CO)[C@@H](O)[C@H](O)[C@@H]4O)[C@@H]3O)[C@H](O)[C@H]2NC(C)=O)[C@@H](CO)O[C@@H]1O. The highest BCUT2D eigenvalue weighted by Gasteiger charge is 2.61. The van der Waals surface area contributed by atoms with Crippen LogP contribution in [0.3, 0.4) is 0 Å². The summed E-state index contributed by atoms with van der Waals surface area (Å²) in [5.41, 5.74) is 0. The van der Waals surface area contributed by atoms with Gasteiger partial charge in [0.15, 0.2) is 56.6 Å². The number of carbonyl (C=O) groups excluding carboxylic acids is 2. The van der Waals surface area contributed by atoms with Gasteiger partial charge in [-0.2, -0.15) is 0 Å². The van der Waals surface area contributed by atoms with E-state index >= 15 is 0 Å². The molecule has 0 bridgehead atoms. The third-order valence-electron chi connectivity index (χ3n) is 19.6. The van der Waals surface area contributed by atoms with Gasteiger partial charge in [0, 0.05) is 13.8 Å². The van der Waals surface area contributed by atoms with E-state index in [4.69, 9.17) is 80.5 Å². The number of hydrogen-bond acceptors (Lipinski definition) is 46. The summed E-state index contributed by atoms with van der Waals surface area (Å²) in [6.45, 7) is -7.92. The van der Waals surface area contributed by atoms with Gasteiger partial charge in [0.05, 0.1) is 59.5 Å². The van der Waals surface area contributed by atoms with Gasteiger partial charge < -0.3 is 229 Å². The molecular weight excluding hydrogens is 1460 g/mol. The lowest BCUT2D eigenvalue weighted by Crippen LogP contribution is -2.70. The number of hydrogen-bond donors (Lipinski definition) is 29. The summed E-state index contributed by atoms with van der Waals surface area (Å²) in [7, 11) is 0. The van der Waals surface area contributed by atoms with E-state index in [1.54, 1.807) is 0 Å². The van der Waals surface area contributed by atoms with Crippen LogP contribution >= 0.6 is 0 Å². The number of nitrogens with one attached hydrogen (secondary N) is 2. The molecule has 616 valence electrons. The summed E-state index contributed by atoms with van der Waals surface area (Å²) in [5, 5.41) is 302. The van der Waals surface area contributed by atoms with Crippen LogP contribution in [0.4, 0.5) is 0 Å². The van der Waals surface area contributed by atoms with E-state index in [9.17, 15) is 147 Å². The molecule has 2 amide bonds. The quantitative estimate of drug-likeness (QED) is 0.0363. The number of aliphatic hydroxyl groups is 27. The van der Waals surface area contributed by atoms with E-state index in [1.807, 2.05) is 0 Å². The summed E-state index contributed by atoms with van der Waals surface area (Å²) in [4.78, 5) is 25.0. The zero-order valence-electron chi connectivity index (χ0n) is 56.2. The molecule has 0 spiro atoms. The Labute approximate surface area is 598 Å². The van der Waals surface area contributed by atoms with E-state index in [-0.39, 0.29) is 0 Å². The molecule has 0 radical (unpaired) electrons. The van der Waals surface area contributed by atoms with Crippen molar-refractivity contribution in [3.05, 3.63) is 0 Å². The van der Waals surface area contributed by atoms with Crippen molar-refractivity contribution in [2.45, 2.75) is 290 Å². The van der Waals surface area contributed by atoms with Crippen LogP contribution in [0.15, 0.2) is 0 Å². The fourth-order valence-electron chi connectivity index (χ4n) is 13.6. The Morgan fingerprint density at radius 3 is 0.906 bits per heavy atom. The van der Waals surface area contributed by atoms with Crippen LogP contribution in [0.1, 0.15) is 13.8 Å². The molecule has 9 saturated heterocycles. The Kier molecular flexibility index (Phi) is 31.1. The fraction of sp³-hybridized carbons (Fsp3) is 0.966. The molecule has 9 heterocycles. The molecule has 48 heteroatoms. The number of ether oxygens (including phenoxy) is 17. The van der Waals surface area contributed by atoms with Crippen molar-refractivity contribution in [3.8, 4) is 0 Å². The highest BCUT2D eigenvalue weighted by Crippen LogP contribution is 2.40. The lowest BCUT2D eigenvalue weighted by Gasteiger charge is -2.51. The zero-order valence-corrected chi connectivity index (χ0v) is 56.2. The van der Waals surface area contributed by atoms with Crippen molar-refractivity contribution in [1.29, 1.82) is 0 Å². The molecule has 9 rings (SSSR count). The van der Waals surface area contributed by atoms with Gasteiger partial charge in [-0.25, -0.2) is 0 Å². The Balaban J connectivity index is 1.04. The molecular formula is C58H98N2O46. The highest BCUT2D eigenvalue weighted by molar-refractivity contribution is 5.73. The van der Waals surface area contributed by atoms with Gasteiger partial charge in [-0.15, -0.1) is 0 Å². The molecule has 106 heavy (non-hydrogen) atoms. The van der Waals surface area contributed by atoms with E-state index in [2.05, 4.69) is 10.6 Å². The second kappa shape index (κ2) is 37.9. The van der Waals surface area contributed by atoms with Crippen LogP contribution in [0, 0.1) is 0 Å². The second-order valence-corrected chi connectivity index (χ2v) is 26.7. The average molecular weight is 1560 g/mol. The fourth-order valence-corrected chi connectivity index (χ4v) is 13.6. The maximum atomic E-state index is 12.9. The largest absolute Gasteiger partial charge is 0.394 e. The molecule has 9 aliphatic heterocycles. The van der Waals surface area contributed by atoms with Crippen LogP contribution in [-0.4, -0.2) is 485 Å². The molecule has 0 saturated carbocycles. The van der Waals surface area contributed by atoms with Crippen molar-refractivity contribution in [2.75, 3.05) is 59.5 Å². The third-order valence-corrected chi connectivity index (χ3v) is 19.6. The minimum Gasteiger partial charge on any atom is -0.394 e. The molecule has 9 aliphatic rings. The first-order chi connectivity index (χ1) is 50.2. The molecule has 0 unspecified atom stereocenters. The number of amides is 2. The van der Waals surface area contributed by atoms with Crippen molar-refractivity contribution in [2.24, 2.45) is 0 Å². The first-order valence-corrected chi connectivity index (χ1v) is 33.7. The Hall–Kier alpha value is -2.82. The first kappa shape index (κ1) is 87.2. The Morgan fingerprint density at radius 1 is 0.245 bits per heavy atom. The summed E-state index contributed by atoms with van der Waals surface area (Å²) < 4.78 is 99.0. The van der Waals surface area contributed by atoms with Gasteiger partial charge >= 0.3 is 0 Å². The number of rotatable bonds is 27. The maximum absolute atomic E-state index is 12.9. The van der Waals surface area contributed by atoms with Crippen LogP contribution in [0.2, 0.25) is 0 Å². The molecule has 48 nitrogen and oxygen atoms in total. The summed E-state index contributed by atoms with van der Waals surface area (Å²) in [6.07, 6.45) is -91.0. The monoisotopic (exact) mass is 1560 g/mol. The van der Waals surface area contributed by atoms with Gasteiger partial charge in [-0.3, -0.25) is 9.59 Å². The minimum absolute atomic E-state index is 0.785. The molecule has 0 aliphatic carbocycles. The summed E-state index contributed by atoms with van der Waals surface area (Å²) >= 11 is 0. The van der Waals surface area contributed by atoms with Crippen molar-refractivity contribution < 1.29 is 228 Å². The van der Waals surface area contributed by atoms with Crippen molar-refractivity contribution in [1.82, 2.24) is 10.6 Å². The van der Waals surface area contributed by atoms with Crippen molar-refractivity contribution in [3.63, 3.8) is 0 Å². The second-order valence-electron chi connectivity index (χ2n) is 26.7. The number of aliphatic hydroxyl groups excluding tert-OH is 27. The average Bonchev–Trinajstić information content (AvgIpc) is 0.777. The molecule has 0 aromatic rings. The van der Waals surface area contributed by atoms with Gasteiger partial charge in [0.2, 0.25) is 11.8 Å². The Bertz CT molecular complexity index is 2710. The normalized spacial score (nSPS) is 51.2. The predicted molar refractivity (Wildman–Crippen MR) is 320 cm³/mol. The van der Waals surface area contributed by atoms with Gasteiger partial charge in [0.25, 0.3) is 0 Å².